The highest BCUT2D eigenvalue weighted by Gasteiger charge is 2.36. The molecular weight excluding hydrogens is 376 g/mol. The fourth-order valence-corrected chi connectivity index (χ4v) is 2.74. The normalized spacial score (nSPS) is 15.4. The predicted octanol–water partition coefficient (Wildman–Crippen LogP) is 2.38. The van der Waals surface area contributed by atoms with Crippen molar-refractivity contribution in [3.63, 3.8) is 0 Å². The summed E-state index contributed by atoms with van der Waals surface area (Å²) in [5, 5.41) is 10.8. The SMILES string of the molecule is CCc1ccc(N2C(=O)NC(=O)/C(=C/c3ccc(OCC(=O)O)cc3)C2=O)cc1. The Morgan fingerprint density at radius 1 is 1.07 bits per heavy atom. The number of nitrogens with zero attached hydrogens (tertiary/aromatic N) is 1. The van der Waals surface area contributed by atoms with E-state index in [1.165, 1.54) is 18.2 Å². The third-order valence-electron chi connectivity index (χ3n) is 4.26. The van der Waals surface area contributed by atoms with Gasteiger partial charge in [0.2, 0.25) is 0 Å². The second-order valence-electron chi connectivity index (χ2n) is 6.23. The predicted molar refractivity (Wildman–Crippen MR) is 104 cm³/mol. The first-order chi connectivity index (χ1) is 13.9. The number of hydrogen-bond acceptors (Lipinski definition) is 5. The summed E-state index contributed by atoms with van der Waals surface area (Å²) in [5.74, 6) is -2.28. The van der Waals surface area contributed by atoms with Gasteiger partial charge in [0.05, 0.1) is 5.69 Å². The smallest absolute Gasteiger partial charge is 0.341 e. The van der Waals surface area contributed by atoms with Gasteiger partial charge in [0, 0.05) is 0 Å². The summed E-state index contributed by atoms with van der Waals surface area (Å²) in [6.07, 6.45) is 2.18. The Labute approximate surface area is 166 Å². The van der Waals surface area contributed by atoms with E-state index >= 15 is 0 Å². The highest BCUT2D eigenvalue weighted by atomic mass is 16.5. The molecular formula is C21H18N2O6. The van der Waals surface area contributed by atoms with Gasteiger partial charge < -0.3 is 9.84 Å². The molecule has 0 saturated carbocycles. The third-order valence-corrected chi connectivity index (χ3v) is 4.26. The minimum atomic E-state index is -1.10. The van der Waals surface area contributed by atoms with Gasteiger partial charge in [0.15, 0.2) is 6.61 Å². The number of carboxylic acid groups (broad SMARTS) is 1. The maximum absolute atomic E-state index is 12.8. The largest absolute Gasteiger partial charge is 0.482 e. The van der Waals surface area contributed by atoms with E-state index < -0.39 is 30.4 Å². The van der Waals surface area contributed by atoms with Crippen molar-refractivity contribution in [1.29, 1.82) is 0 Å². The Balaban J connectivity index is 1.85. The topological polar surface area (TPSA) is 113 Å². The van der Waals surface area contributed by atoms with Gasteiger partial charge in [-0.25, -0.2) is 14.5 Å². The van der Waals surface area contributed by atoms with Crippen molar-refractivity contribution in [3.05, 3.63) is 65.2 Å². The number of carbonyl (C=O) groups excluding carboxylic acids is 3. The highest BCUT2D eigenvalue weighted by Crippen LogP contribution is 2.23. The molecule has 0 aromatic heterocycles. The fourth-order valence-electron chi connectivity index (χ4n) is 2.74. The number of hydrogen-bond donors (Lipinski definition) is 2. The van der Waals surface area contributed by atoms with Crippen molar-refractivity contribution in [2.24, 2.45) is 0 Å². The molecule has 148 valence electrons. The van der Waals surface area contributed by atoms with E-state index in [4.69, 9.17) is 9.84 Å². The van der Waals surface area contributed by atoms with Crippen LogP contribution in [0.1, 0.15) is 18.1 Å². The lowest BCUT2D eigenvalue weighted by Gasteiger charge is -2.26. The summed E-state index contributed by atoms with van der Waals surface area (Å²) in [7, 11) is 0. The number of rotatable bonds is 6. The number of aryl methyl sites for hydroxylation is 1. The fraction of sp³-hybridized carbons (Fsp3) is 0.143. The molecule has 2 aromatic rings. The number of ether oxygens (including phenoxy) is 1. The molecule has 8 nitrogen and oxygen atoms in total. The summed E-state index contributed by atoms with van der Waals surface area (Å²) >= 11 is 0. The maximum atomic E-state index is 12.8. The van der Waals surface area contributed by atoms with Crippen LogP contribution in [0.2, 0.25) is 0 Å². The van der Waals surface area contributed by atoms with Crippen molar-refractivity contribution in [2.75, 3.05) is 11.5 Å². The Bertz CT molecular complexity index is 993. The number of carbonyl (C=O) groups is 4. The average Bonchev–Trinajstić information content (AvgIpc) is 2.71. The molecule has 0 aliphatic carbocycles. The second kappa shape index (κ2) is 8.39. The molecule has 1 aliphatic heterocycles. The summed E-state index contributed by atoms with van der Waals surface area (Å²) in [5.41, 5.74) is 1.74. The first kappa shape index (κ1) is 19.8. The molecule has 0 radical (unpaired) electrons. The summed E-state index contributed by atoms with van der Waals surface area (Å²) in [6.45, 7) is 1.51. The quantitative estimate of drug-likeness (QED) is 0.575. The van der Waals surface area contributed by atoms with Crippen molar-refractivity contribution >= 4 is 35.6 Å². The van der Waals surface area contributed by atoms with Gasteiger partial charge in [0.1, 0.15) is 11.3 Å². The molecule has 1 heterocycles. The van der Waals surface area contributed by atoms with Crippen molar-refractivity contribution in [2.45, 2.75) is 13.3 Å². The minimum Gasteiger partial charge on any atom is -0.482 e. The zero-order chi connectivity index (χ0) is 21.0. The Hall–Kier alpha value is -3.94. The Morgan fingerprint density at radius 2 is 1.72 bits per heavy atom. The number of benzene rings is 2. The first-order valence-corrected chi connectivity index (χ1v) is 8.84. The van der Waals surface area contributed by atoms with Gasteiger partial charge in [-0.3, -0.25) is 14.9 Å². The average molecular weight is 394 g/mol. The van der Waals surface area contributed by atoms with Crippen LogP contribution < -0.4 is 15.0 Å². The molecule has 8 heteroatoms. The van der Waals surface area contributed by atoms with Crippen LogP contribution in [-0.2, 0) is 20.8 Å². The van der Waals surface area contributed by atoms with E-state index in [9.17, 15) is 19.2 Å². The Morgan fingerprint density at radius 3 is 2.31 bits per heavy atom. The number of anilines is 1. The van der Waals surface area contributed by atoms with Crippen molar-refractivity contribution < 1.29 is 29.0 Å². The van der Waals surface area contributed by atoms with Crippen LogP contribution in [0.25, 0.3) is 6.08 Å². The molecule has 1 fully saturated rings. The second-order valence-corrected chi connectivity index (χ2v) is 6.23. The van der Waals surface area contributed by atoms with Gasteiger partial charge in [-0.05, 0) is 47.9 Å². The summed E-state index contributed by atoms with van der Waals surface area (Å²) in [6, 6.07) is 12.3. The number of barbiturate groups is 1. The monoisotopic (exact) mass is 394 g/mol. The van der Waals surface area contributed by atoms with Crippen LogP contribution in [0.4, 0.5) is 10.5 Å². The van der Waals surface area contributed by atoms with Gasteiger partial charge >= 0.3 is 12.0 Å². The number of imide groups is 2. The van der Waals surface area contributed by atoms with Crippen LogP contribution in [0, 0.1) is 0 Å². The standard InChI is InChI=1S/C21H18N2O6/c1-2-13-3-7-15(8-4-13)23-20(27)17(19(26)22-21(23)28)11-14-5-9-16(10-6-14)29-12-18(24)25/h3-11H,2,12H2,1H3,(H,24,25)(H,22,26,28)/b17-11-. The molecule has 0 bridgehead atoms. The molecule has 2 N–H and O–H groups in total. The van der Waals surface area contributed by atoms with Crippen LogP contribution >= 0.6 is 0 Å². The molecule has 1 saturated heterocycles. The minimum absolute atomic E-state index is 0.191. The van der Waals surface area contributed by atoms with Crippen LogP contribution in [-0.4, -0.2) is 35.5 Å². The van der Waals surface area contributed by atoms with E-state index in [0.29, 0.717) is 17.0 Å². The van der Waals surface area contributed by atoms with Gasteiger partial charge in [-0.15, -0.1) is 0 Å². The van der Waals surface area contributed by atoms with Gasteiger partial charge in [-0.2, -0.15) is 0 Å². The van der Waals surface area contributed by atoms with E-state index in [1.54, 1.807) is 24.3 Å². The summed E-state index contributed by atoms with van der Waals surface area (Å²) < 4.78 is 5.04. The number of aliphatic carboxylic acids is 1. The van der Waals surface area contributed by atoms with E-state index in [2.05, 4.69) is 5.32 Å². The number of nitrogens with one attached hydrogen (secondary N) is 1. The number of urea groups is 1. The third kappa shape index (κ3) is 4.49. The molecule has 0 atom stereocenters. The molecule has 1 aliphatic rings. The van der Waals surface area contributed by atoms with Crippen LogP contribution in [0.3, 0.4) is 0 Å². The molecule has 3 rings (SSSR count). The molecule has 0 spiro atoms. The van der Waals surface area contributed by atoms with E-state index in [0.717, 1.165) is 16.9 Å². The molecule has 4 amide bonds. The zero-order valence-corrected chi connectivity index (χ0v) is 15.5. The van der Waals surface area contributed by atoms with Crippen molar-refractivity contribution in [3.8, 4) is 5.75 Å². The number of amides is 4. The Kier molecular flexibility index (Phi) is 5.73. The number of carboxylic acids is 1. The lowest BCUT2D eigenvalue weighted by molar-refractivity contribution is -0.139. The zero-order valence-electron chi connectivity index (χ0n) is 15.5. The molecule has 0 unspecified atom stereocenters. The summed E-state index contributed by atoms with van der Waals surface area (Å²) in [4.78, 5) is 48.7. The maximum Gasteiger partial charge on any atom is 0.341 e. The van der Waals surface area contributed by atoms with E-state index in [-0.39, 0.29) is 5.57 Å². The first-order valence-electron chi connectivity index (χ1n) is 8.84. The van der Waals surface area contributed by atoms with E-state index in [1.807, 2.05) is 19.1 Å². The molecule has 29 heavy (non-hydrogen) atoms. The van der Waals surface area contributed by atoms with Gasteiger partial charge in [0.25, 0.3) is 11.8 Å². The van der Waals surface area contributed by atoms with Crippen molar-refractivity contribution in [1.82, 2.24) is 5.32 Å². The lowest BCUT2D eigenvalue weighted by atomic mass is 10.1. The van der Waals surface area contributed by atoms with Gasteiger partial charge in [-0.1, -0.05) is 31.2 Å². The highest BCUT2D eigenvalue weighted by molar-refractivity contribution is 6.39. The lowest BCUT2D eigenvalue weighted by Crippen LogP contribution is -2.54. The van der Waals surface area contributed by atoms with Crippen LogP contribution in [0.15, 0.2) is 54.1 Å². The van der Waals surface area contributed by atoms with Crippen LogP contribution in [0.5, 0.6) is 5.75 Å². The molecule has 2 aromatic carbocycles.